The molecule has 0 radical (unpaired) electrons. The Morgan fingerprint density at radius 1 is 1.37 bits per heavy atom. The number of primary amides is 1. The number of rotatable bonds is 3. The monoisotopic (exact) mass is 262 g/mol. The molecule has 1 atom stereocenters. The second kappa shape index (κ2) is 5.30. The summed E-state index contributed by atoms with van der Waals surface area (Å²) in [6.45, 7) is 2.54. The molecule has 1 aliphatic rings. The number of aryl methyl sites for hydroxylation is 1. The van der Waals surface area contributed by atoms with E-state index in [9.17, 15) is 9.59 Å². The van der Waals surface area contributed by atoms with Gasteiger partial charge in [0.1, 0.15) is 6.04 Å². The minimum absolute atomic E-state index is 0.288. The number of carbonyl (C=O) groups is 2. The van der Waals surface area contributed by atoms with Crippen LogP contribution in [0.25, 0.3) is 0 Å². The van der Waals surface area contributed by atoms with E-state index in [1.165, 1.54) is 0 Å². The Kier molecular flexibility index (Phi) is 3.74. The first kappa shape index (κ1) is 13.4. The van der Waals surface area contributed by atoms with Gasteiger partial charge in [-0.1, -0.05) is 0 Å². The Morgan fingerprint density at radius 2 is 2.11 bits per heavy atom. The normalized spacial score (nSPS) is 19.2. The van der Waals surface area contributed by atoms with Gasteiger partial charge in [-0.2, -0.15) is 0 Å². The number of carbonyl (C=O) groups excluding carboxylic acids is 1. The Hall–Kier alpha value is -2.04. The first-order valence-electron chi connectivity index (χ1n) is 6.40. The van der Waals surface area contributed by atoms with E-state index in [2.05, 4.69) is 0 Å². The van der Waals surface area contributed by atoms with E-state index in [4.69, 9.17) is 10.8 Å². The summed E-state index contributed by atoms with van der Waals surface area (Å²) in [5.74, 6) is -1.26. The van der Waals surface area contributed by atoms with Gasteiger partial charge in [0.25, 0.3) is 0 Å². The van der Waals surface area contributed by atoms with Crippen LogP contribution in [0.15, 0.2) is 18.2 Å². The van der Waals surface area contributed by atoms with E-state index in [1.807, 2.05) is 11.0 Å². The molecule has 1 aromatic carbocycles. The number of nitrogens with zero attached hydrogens (tertiary/aromatic N) is 1. The average molecular weight is 262 g/mol. The number of benzene rings is 1. The molecule has 2 rings (SSSR count). The number of nitrogens with two attached hydrogens (primary N) is 1. The van der Waals surface area contributed by atoms with Crippen molar-refractivity contribution in [2.45, 2.75) is 32.2 Å². The molecule has 0 aliphatic carbocycles. The summed E-state index contributed by atoms with van der Waals surface area (Å²) >= 11 is 0. The molecule has 0 bridgehead atoms. The lowest BCUT2D eigenvalue weighted by atomic mass is 9.99. The van der Waals surface area contributed by atoms with Crippen LogP contribution in [0.3, 0.4) is 0 Å². The van der Waals surface area contributed by atoms with Crippen molar-refractivity contribution < 1.29 is 14.7 Å². The molecule has 5 nitrogen and oxygen atoms in total. The lowest BCUT2D eigenvalue weighted by Crippen LogP contribution is -2.47. The predicted octanol–water partition coefficient (Wildman–Crippen LogP) is 1.54. The number of aromatic carboxylic acids is 1. The van der Waals surface area contributed by atoms with Crippen molar-refractivity contribution >= 4 is 17.6 Å². The highest BCUT2D eigenvalue weighted by atomic mass is 16.4. The summed E-state index contributed by atoms with van der Waals surface area (Å²) in [5.41, 5.74) is 7.28. The molecule has 1 aromatic rings. The summed E-state index contributed by atoms with van der Waals surface area (Å²) in [7, 11) is 0. The number of piperidine rings is 1. The van der Waals surface area contributed by atoms with Crippen molar-refractivity contribution in [2.75, 3.05) is 11.4 Å². The molecule has 102 valence electrons. The fourth-order valence-electron chi connectivity index (χ4n) is 2.60. The minimum Gasteiger partial charge on any atom is -0.478 e. The highest BCUT2D eigenvalue weighted by molar-refractivity contribution is 5.90. The molecule has 1 amide bonds. The zero-order valence-electron chi connectivity index (χ0n) is 10.9. The number of hydrogen-bond acceptors (Lipinski definition) is 3. The molecule has 0 spiro atoms. The van der Waals surface area contributed by atoms with Crippen LogP contribution in [0.5, 0.6) is 0 Å². The molecule has 1 unspecified atom stereocenters. The van der Waals surface area contributed by atoms with E-state index >= 15 is 0 Å². The van der Waals surface area contributed by atoms with Crippen molar-refractivity contribution in [1.82, 2.24) is 0 Å². The minimum atomic E-state index is -0.936. The van der Waals surface area contributed by atoms with Gasteiger partial charge in [-0.3, -0.25) is 4.79 Å². The van der Waals surface area contributed by atoms with Crippen molar-refractivity contribution in [3.63, 3.8) is 0 Å². The molecule has 5 heteroatoms. The maximum absolute atomic E-state index is 11.5. The van der Waals surface area contributed by atoms with Gasteiger partial charge in [-0.05, 0) is 49.9 Å². The third-order valence-electron chi connectivity index (χ3n) is 3.60. The zero-order valence-corrected chi connectivity index (χ0v) is 10.9. The Morgan fingerprint density at radius 3 is 2.68 bits per heavy atom. The maximum atomic E-state index is 11.5. The van der Waals surface area contributed by atoms with Gasteiger partial charge in [0.15, 0.2) is 0 Å². The summed E-state index contributed by atoms with van der Waals surface area (Å²) in [6, 6.07) is 4.85. The molecule has 1 aliphatic heterocycles. The highest BCUT2D eigenvalue weighted by Gasteiger charge is 2.27. The van der Waals surface area contributed by atoms with Crippen LogP contribution in [0, 0.1) is 6.92 Å². The first-order valence-corrected chi connectivity index (χ1v) is 6.40. The van der Waals surface area contributed by atoms with E-state index in [-0.39, 0.29) is 17.5 Å². The average Bonchev–Trinajstić information content (AvgIpc) is 2.38. The maximum Gasteiger partial charge on any atom is 0.335 e. The lowest BCUT2D eigenvalue weighted by Gasteiger charge is -2.35. The van der Waals surface area contributed by atoms with Crippen molar-refractivity contribution in [1.29, 1.82) is 0 Å². The van der Waals surface area contributed by atoms with Crippen LogP contribution in [0.4, 0.5) is 5.69 Å². The molecular weight excluding hydrogens is 244 g/mol. The van der Waals surface area contributed by atoms with Gasteiger partial charge in [-0.25, -0.2) is 4.79 Å². The van der Waals surface area contributed by atoms with Gasteiger partial charge in [-0.15, -0.1) is 0 Å². The summed E-state index contributed by atoms with van der Waals surface area (Å²) in [4.78, 5) is 24.5. The van der Waals surface area contributed by atoms with Gasteiger partial charge in [0.2, 0.25) is 5.91 Å². The van der Waals surface area contributed by atoms with Gasteiger partial charge >= 0.3 is 5.97 Å². The quantitative estimate of drug-likeness (QED) is 0.865. The standard InChI is InChI=1S/C14H18N2O3/c1-9-8-10(5-6-11(9)14(18)19)16-7-3-2-4-12(16)13(15)17/h5-6,8,12H,2-4,7H2,1H3,(H2,15,17)(H,18,19). The van der Waals surface area contributed by atoms with Gasteiger partial charge < -0.3 is 15.7 Å². The third kappa shape index (κ3) is 2.70. The topological polar surface area (TPSA) is 83.6 Å². The third-order valence-corrected chi connectivity index (χ3v) is 3.60. The van der Waals surface area contributed by atoms with Crippen molar-refractivity contribution in [3.05, 3.63) is 29.3 Å². The molecule has 19 heavy (non-hydrogen) atoms. The van der Waals surface area contributed by atoms with Crippen molar-refractivity contribution in [2.24, 2.45) is 5.73 Å². The molecular formula is C14H18N2O3. The second-order valence-corrected chi connectivity index (χ2v) is 4.91. The van der Waals surface area contributed by atoms with E-state index in [0.29, 0.717) is 5.56 Å². The molecule has 1 fully saturated rings. The van der Waals surface area contributed by atoms with Gasteiger partial charge in [0.05, 0.1) is 5.56 Å². The number of amides is 1. The van der Waals surface area contributed by atoms with Crippen LogP contribution in [-0.2, 0) is 4.79 Å². The molecule has 3 N–H and O–H groups in total. The number of hydrogen-bond donors (Lipinski definition) is 2. The summed E-state index contributed by atoms with van der Waals surface area (Å²) < 4.78 is 0. The smallest absolute Gasteiger partial charge is 0.335 e. The SMILES string of the molecule is Cc1cc(N2CCCCC2C(N)=O)ccc1C(=O)O. The Labute approximate surface area is 112 Å². The zero-order chi connectivity index (χ0) is 14.0. The largest absolute Gasteiger partial charge is 0.478 e. The molecule has 1 saturated heterocycles. The summed E-state index contributed by atoms with van der Waals surface area (Å²) in [6.07, 6.45) is 2.77. The number of carboxylic acids is 1. The molecule has 0 aromatic heterocycles. The Bertz CT molecular complexity index is 513. The van der Waals surface area contributed by atoms with Gasteiger partial charge in [0, 0.05) is 12.2 Å². The highest BCUT2D eigenvalue weighted by Crippen LogP contribution is 2.26. The van der Waals surface area contributed by atoms with Crippen LogP contribution < -0.4 is 10.6 Å². The van der Waals surface area contributed by atoms with Crippen LogP contribution >= 0.6 is 0 Å². The predicted molar refractivity (Wildman–Crippen MR) is 72.3 cm³/mol. The van der Waals surface area contributed by atoms with Crippen LogP contribution in [0.2, 0.25) is 0 Å². The van der Waals surface area contributed by atoms with E-state index in [1.54, 1.807) is 19.1 Å². The number of carboxylic acid groups (broad SMARTS) is 1. The van der Waals surface area contributed by atoms with Crippen molar-refractivity contribution in [3.8, 4) is 0 Å². The Balaban J connectivity index is 2.32. The number of anilines is 1. The van der Waals surface area contributed by atoms with E-state index in [0.717, 1.165) is 31.5 Å². The van der Waals surface area contributed by atoms with Crippen LogP contribution in [-0.4, -0.2) is 29.6 Å². The summed E-state index contributed by atoms with van der Waals surface area (Å²) in [5, 5.41) is 9.02. The second-order valence-electron chi connectivity index (χ2n) is 4.91. The van der Waals surface area contributed by atoms with Crippen LogP contribution in [0.1, 0.15) is 35.2 Å². The first-order chi connectivity index (χ1) is 9.00. The molecule has 1 heterocycles. The fourth-order valence-corrected chi connectivity index (χ4v) is 2.60. The van der Waals surface area contributed by atoms with E-state index < -0.39 is 5.97 Å². The molecule has 0 saturated carbocycles. The fraction of sp³-hybridized carbons (Fsp3) is 0.429. The lowest BCUT2D eigenvalue weighted by molar-refractivity contribution is -0.119.